The van der Waals surface area contributed by atoms with Crippen molar-refractivity contribution in [1.29, 1.82) is 0 Å². The summed E-state index contributed by atoms with van der Waals surface area (Å²) in [6.07, 6.45) is 0. The summed E-state index contributed by atoms with van der Waals surface area (Å²) in [7, 11) is 0. The number of rotatable bonds is 4. The van der Waals surface area contributed by atoms with Crippen molar-refractivity contribution in [3.05, 3.63) is 28.5 Å². The molecule has 19 heavy (non-hydrogen) atoms. The van der Waals surface area contributed by atoms with Crippen LogP contribution in [0.3, 0.4) is 0 Å². The van der Waals surface area contributed by atoms with Gasteiger partial charge in [0.1, 0.15) is 5.82 Å². The average molecular weight is 305 g/mol. The lowest BCUT2D eigenvalue weighted by Gasteiger charge is -2.14. The van der Waals surface area contributed by atoms with Gasteiger partial charge in [0.25, 0.3) is 0 Å². The van der Waals surface area contributed by atoms with Crippen LogP contribution in [0, 0.1) is 17.7 Å². The van der Waals surface area contributed by atoms with E-state index in [1.807, 2.05) is 13.8 Å². The SMILES string of the molecule is CC(C)C(C)C(=O)Sc1cc(C(=O)O)c(F)cc1Cl. The zero-order chi connectivity index (χ0) is 14.7. The maximum absolute atomic E-state index is 13.3. The number of benzene rings is 1. The van der Waals surface area contributed by atoms with Gasteiger partial charge in [0.15, 0.2) is 5.12 Å². The van der Waals surface area contributed by atoms with E-state index in [9.17, 15) is 14.0 Å². The van der Waals surface area contributed by atoms with E-state index in [0.29, 0.717) is 0 Å². The third kappa shape index (κ3) is 3.94. The Morgan fingerprint density at radius 3 is 2.37 bits per heavy atom. The maximum atomic E-state index is 13.3. The fourth-order valence-electron chi connectivity index (χ4n) is 1.24. The van der Waals surface area contributed by atoms with Gasteiger partial charge in [-0.3, -0.25) is 4.79 Å². The maximum Gasteiger partial charge on any atom is 0.338 e. The second kappa shape index (κ2) is 6.39. The standard InChI is InChI=1S/C13H14ClFO3S/c1-6(2)7(3)13(18)19-11-4-8(12(16)17)10(15)5-9(11)14/h4-7H,1-3H3,(H,16,17). The molecule has 0 aliphatic rings. The molecule has 0 spiro atoms. The predicted molar refractivity (Wildman–Crippen MR) is 73.2 cm³/mol. The Kier molecular flexibility index (Phi) is 5.38. The van der Waals surface area contributed by atoms with Gasteiger partial charge < -0.3 is 5.11 Å². The lowest BCUT2D eigenvalue weighted by Crippen LogP contribution is -2.13. The lowest BCUT2D eigenvalue weighted by atomic mass is 10.0. The first-order chi connectivity index (χ1) is 8.73. The predicted octanol–water partition coefficient (Wildman–Crippen LogP) is 4.09. The van der Waals surface area contributed by atoms with Crippen molar-refractivity contribution in [2.75, 3.05) is 0 Å². The molecule has 0 heterocycles. The summed E-state index contributed by atoms with van der Waals surface area (Å²) in [6, 6.07) is 2.01. The zero-order valence-corrected chi connectivity index (χ0v) is 12.3. The Bertz CT molecular complexity index is 517. The van der Waals surface area contributed by atoms with Crippen molar-refractivity contribution in [1.82, 2.24) is 0 Å². The van der Waals surface area contributed by atoms with E-state index >= 15 is 0 Å². The quantitative estimate of drug-likeness (QED) is 0.851. The third-order valence-corrected chi connectivity index (χ3v) is 4.39. The summed E-state index contributed by atoms with van der Waals surface area (Å²) in [4.78, 5) is 23.0. The minimum Gasteiger partial charge on any atom is -0.478 e. The van der Waals surface area contributed by atoms with Crippen LogP contribution in [0.2, 0.25) is 5.02 Å². The van der Waals surface area contributed by atoms with Gasteiger partial charge in [0, 0.05) is 10.8 Å². The molecule has 3 nitrogen and oxygen atoms in total. The Morgan fingerprint density at radius 2 is 1.89 bits per heavy atom. The molecule has 0 amide bonds. The molecule has 0 radical (unpaired) electrons. The van der Waals surface area contributed by atoms with Gasteiger partial charge >= 0.3 is 5.97 Å². The number of thioether (sulfide) groups is 1. The van der Waals surface area contributed by atoms with Gasteiger partial charge in [0.2, 0.25) is 0 Å². The summed E-state index contributed by atoms with van der Waals surface area (Å²) in [5.74, 6) is -2.33. The second-order valence-electron chi connectivity index (χ2n) is 4.52. The highest BCUT2D eigenvalue weighted by atomic mass is 35.5. The summed E-state index contributed by atoms with van der Waals surface area (Å²) in [5.41, 5.74) is -0.489. The third-order valence-electron chi connectivity index (χ3n) is 2.83. The number of carbonyl (C=O) groups excluding carboxylic acids is 1. The van der Waals surface area contributed by atoms with Crippen LogP contribution in [0.15, 0.2) is 17.0 Å². The van der Waals surface area contributed by atoms with E-state index in [4.69, 9.17) is 16.7 Å². The minimum absolute atomic E-state index is 0.0387. The van der Waals surface area contributed by atoms with Gasteiger partial charge in [-0.1, -0.05) is 44.1 Å². The van der Waals surface area contributed by atoms with Crippen molar-refractivity contribution < 1.29 is 19.1 Å². The van der Waals surface area contributed by atoms with Gasteiger partial charge in [-0.2, -0.15) is 0 Å². The first kappa shape index (κ1) is 16.0. The van der Waals surface area contributed by atoms with E-state index in [-0.39, 0.29) is 26.9 Å². The number of carboxylic acids is 1. The number of hydrogen-bond acceptors (Lipinski definition) is 3. The molecule has 1 unspecified atom stereocenters. The highest BCUT2D eigenvalue weighted by Crippen LogP contribution is 2.33. The van der Waals surface area contributed by atoms with E-state index < -0.39 is 17.3 Å². The molecule has 1 rings (SSSR count). The fraction of sp³-hybridized carbons (Fsp3) is 0.385. The molecule has 0 bridgehead atoms. The molecule has 0 saturated heterocycles. The van der Waals surface area contributed by atoms with Gasteiger partial charge in [0.05, 0.1) is 10.6 Å². The molecule has 0 aliphatic heterocycles. The Morgan fingerprint density at radius 1 is 1.32 bits per heavy atom. The Hall–Kier alpha value is -1.07. The minimum atomic E-state index is -1.39. The van der Waals surface area contributed by atoms with Crippen molar-refractivity contribution in [2.24, 2.45) is 11.8 Å². The van der Waals surface area contributed by atoms with Crippen molar-refractivity contribution in [2.45, 2.75) is 25.7 Å². The topological polar surface area (TPSA) is 54.4 Å². The lowest BCUT2D eigenvalue weighted by molar-refractivity contribution is -0.114. The first-order valence-electron chi connectivity index (χ1n) is 5.68. The van der Waals surface area contributed by atoms with Crippen LogP contribution >= 0.6 is 23.4 Å². The molecule has 0 saturated carbocycles. The van der Waals surface area contributed by atoms with E-state index in [0.717, 1.165) is 23.9 Å². The highest BCUT2D eigenvalue weighted by Gasteiger charge is 2.21. The summed E-state index contributed by atoms with van der Waals surface area (Å²) in [6.45, 7) is 5.62. The van der Waals surface area contributed by atoms with Crippen LogP contribution in [0.25, 0.3) is 0 Å². The summed E-state index contributed by atoms with van der Waals surface area (Å²) < 4.78 is 13.3. The molecule has 0 fully saturated rings. The molecular weight excluding hydrogens is 291 g/mol. The van der Waals surface area contributed by atoms with Crippen LogP contribution in [0.5, 0.6) is 0 Å². The molecule has 0 aliphatic carbocycles. The number of aromatic carboxylic acids is 1. The number of carbonyl (C=O) groups is 2. The van der Waals surface area contributed by atoms with Crippen LogP contribution in [-0.2, 0) is 4.79 Å². The van der Waals surface area contributed by atoms with Crippen LogP contribution in [0.1, 0.15) is 31.1 Å². The molecule has 104 valence electrons. The number of carboxylic acid groups (broad SMARTS) is 1. The normalized spacial score (nSPS) is 12.5. The van der Waals surface area contributed by atoms with Crippen molar-refractivity contribution in [3.8, 4) is 0 Å². The number of halogens is 2. The van der Waals surface area contributed by atoms with Gasteiger partial charge in [-0.25, -0.2) is 9.18 Å². The zero-order valence-electron chi connectivity index (χ0n) is 10.7. The highest BCUT2D eigenvalue weighted by molar-refractivity contribution is 8.13. The molecular formula is C13H14ClFO3S. The van der Waals surface area contributed by atoms with E-state index in [1.54, 1.807) is 6.92 Å². The Balaban J connectivity index is 3.05. The first-order valence-corrected chi connectivity index (χ1v) is 6.87. The summed E-state index contributed by atoms with van der Waals surface area (Å²) in [5, 5.41) is 8.75. The second-order valence-corrected chi connectivity index (χ2v) is 5.97. The van der Waals surface area contributed by atoms with Crippen LogP contribution < -0.4 is 0 Å². The van der Waals surface area contributed by atoms with Crippen LogP contribution in [0.4, 0.5) is 4.39 Å². The van der Waals surface area contributed by atoms with E-state index in [2.05, 4.69) is 0 Å². The molecule has 1 N–H and O–H groups in total. The molecule has 1 aromatic carbocycles. The smallest absolute Gasteiger partial charge is 0.338 e. The summed E-state index contributed by atoms with van der Waals surface area (Å²) >= 11 is 6.67. The fourth-order valence-corrected chi connectivity index (χ4v) is 2.52. The molecule has 6 heteroatoms. The van der Waals surface area contributed by atoms with Gasteiger partial charge in [-0.05, 0) is 18.1 Å². The van der Waals surface area contributed by atoms with Crippen molar-refractivity contribution in [3.63, 3.8) is 0 Å². The van der Waals surface area contributed by atoms with E-state index in [1.165, 1.54) is 0 Å². The monoisotopic (exact) mass is 304 g/mol. The Labute approximate surface area is 120 Å². The molecule has 0 aromatic heterocycles. The average Bonchev–Trinajstić information content (AvgIpc) is 2.30. The largest absolute Gasteiger partial charge is 0.478 e. The molecule has 1 atom stereocenters. The molecule has 1 aromatic rings. The van der Waals surface area contributed by atoms with Gasteiger partial charge in [-0.15, -0.1) is 0 Å². The van der Waals surface area contributed by atoms with Crippen molar-refractivity contribution >= 4 is 34.4 Å². The number of hydrogen-bond donors (Lipinski definition) is 1. The van der Waals surface area contributed by atoms with Crippen LogP contribution in [-0.4, -0.2) is 16.2 Å².